The van der Waals surface area contributed by atoms with Crippen molar-refractivity contribution >= 4 is 12.0 Å². The largest absolute Gasteiger partial charge is 0.493 e. The summed E-state index contributed by atoms with van der Waals surface area (Å²) >= 11 is 0. The minimum atomic E-state index is -0.440. The molecule has 2 aliphatic heterocycles. The fourth-order valence-corrected chi connectivity index (χ4v) is 6.09. The van der Waals surface area contributed by atoms with Gasteiger partial charge in [-0.2, -0.15) is 0 Å². The highest BCUT2D eigenvalue weighted by molar-refractivity contribution is 5.87. The summed E-state index contributed by atoms with van der Waals surface area (Å²) in [7, 11) is 3.24. The van der Waals surface area contributed by atoms with Crippen LogP contribution in [0.5, 0.6) is 17.2 Å². The maximum Gasteiger partial charge on any atom is 0.331 e. The van der Waals surface area contributed by atoms with E-state index >= 15 is 0 Å². The van der Waals surface area contributed by atoms with Crippen molar-refractivity contribution in [1.82, 2.24) is 0 Å². The summed E-state index contributed by atoms with van der Waals surface area (Å²) in [5.74, 6) is 1.20. The van der Waals surface area contributed by atoms with Gasteiger partial charge in [0.25, 0.3) is 0 Å². The fraction of sp³-hybridized carbons (Fsp3) is 0.485. The molecule has 5 rings (SSSR count). The minimum absolute atomic E-state index is 0.0289. The lowest BCUT2D eigenvalue weighted by Gasteiger charge is -2.42. The van der Waals surface area contributed by atoms with Crippen molar-refractivity contribution in [2.24, 2.45) is 5.92 Å². The van der Waals surface area contributed by atoms with Crippen LogP contribution < -0.4 is 9.47 Å². The van der Waals surface area contributed by atoms with Crippen LogP contribution in [-0.2, 0) is 30.3 Å². The van der Waals surface area contributed by atoms with E-state index in [4.69, 9.17) is 28.4 Å². The zero-order valence-corrected chi connectivity index (χ0v) is 24.4. The molecular weight excluding hydrogens is 524 g/mol. The average Bonchev–Trinajstić information content (AvgIpc) is 3.89. The molecule has 2 aromatic rings. The minimum Gasteiger partial charge on any atom is -0.493 e. The van der Waals surface area contributed by atoms with Crippen molar-refractivity contribution in [3.63, 3.8) is 0 Å². The first kappa shape index (κ1) is 29.3. The van der Waals surface area contributed by atoms with Gasteiger partial charge in [0, 0.05) is 13.2 Å². The highest BCUT2D eigenvalue weighted by Gasteiger charge is 2.72. The third-order valence-electron chi connectivity index (χ3n) is 8.44. The number of esters is 1. The van der Waals surface area contributed by atoms with Gasteiger partial charge in [0.15, 0.2) is 11.5 Å². The molecule has 1 spiro atoms. The monoisotopic (exact) mass is 564 g/mol. The predicted octanol–water partition coefficient (Wildman–Crippen LogP) is 5.61. The Balaban J connectivity index is 1.26. The molecule has 0 radical (unpaired) electrons. The molecule has 220 valence electrons. The molecule has 2 aromatic carbocycles. The van der Waals surface area contributed by atoms with E-state index < -0.39 is 12.1 Å². The molecule has 1 saturated carbocycles. The number of carbonyl (C=O) groups excluding carboxylic acids is 1. The number of allylic oxidation sites excluding steroid dienone is 1. The van der Waals surface area contributed by atoms with Crippen molar-refractivity contribution in [2.45, 2.75) is 76.2 Å². The molecule has 0 unspecified atom stereocenters. The van der Waals surface area contributed by atoms with Crippen LogP contribution in [0.25, 0.3) is 6.08 Å². The Morgan fingerprint density at radius 1 is 1.12 bits per heavy atom. The topological polar surface area (TPSA) is 99.3 Å². The number of rotatable bonds is 11. The molecule has 2 saturated heterocycles. The van der Waals surface area contributed by atoms with Crippen LogP contribution in [0, 0.1) is 5.92 Å². The van der Waals surface area contributed by atoms with E-state index in [9.17, 15) is 9.90 Å². The predicted molar refractivity (Wildman–Crippen MR) is 154 cm³/mol. The summed E-state index contributed by atoms with van der Waals surface area (Å²) in [6.07, 6.45) is 6.98. The van der Waals surface area contributed by atoms with Gasteiger partial charge < -0.3 is 33.5 Å². The number of ether oxygens (including phenoxy) is 6. The van der Waals surface area contributed by atoms with E-state index in [0.29, 0.717) is 30.3 Å². The van der Waals surface area contributed by atoms with Crippen LogP contribution in [0.1, 0.15) is 51.2 Å². The third kappa shape index (κ3) is 6.36. The first-order valence-electron chi connectivity index (χ1n) is 14.1. The highest BCUT2D eigenvalue weighted by atomic mass is 16.6. The number of epoxide rings is 2. The molecule has 0 bridgehead atoms. The second-order valence-electron chi connectivity index (χ2n) is 11.5. The highest BCUT2D eigenvalue weighted by Crippen LogP contribution is 2.59. The lowest BCUT2D eigenvalue weighted by Crippen LogP contribution is -2.55. The van der Waals surface area contributed by atoms with E-state index in [0.717, 1.165) is 24.0 Å². The van der Waals surface area contributed by atoms with Gasteiger partial charge in [0.1, 0.15) is 29.2 Å². The molecule has 8 nitrogen and oxygen atoms in total. The summed E-state index contributed by atoms with van der Waals surface area (Å²) in [6.45, 7) is 6.95. The Kier molecular flexibility index (Phi) is 8.57. The molecular formula is C33H40O8. The van der Waals surface area contributed by atoms with Crippen LogP contribution in [0.4, 0.5) is 0 Å². The van der Waals surface area contributed by atoms with Crippen LogP contribution in [0.15, 0.2) is 60.2 Å². The van der Waals surface area contributed by atoms with Crippen LogP contribution in [0.3, 0.4) is 0 Å². The summed E-state index contributed by atoms with van der Waals surface area (Å²) in [5.41, 5.74) is 2.15. The molecule has 6 atom stereocenters. The zero-order valence-electron chi connectivity index (χ0n) is 24.4. The molecule has 3 fully saturated rings. The van der Waals surface area contributed by atoms with Crippen molar-refractivity contribution in [1.29, 1.82) is 0 Å². The number of hydrogen-bond acceptors (Lipinski definition) is 8. The zero-order chi connectivity index (χ0) is 29.2. The van der Waals surface area contributed by atoms with Gasteiger partial charge in [-0.3, -0.25) is 0 Å². The Hall–Kier alpha value is -3.17. The Labute approximate surface area is 241 Å². The van der Waals surface area contributed by atoms with Gasteiger partial charge in [-0.1, -0.05) is 29.8 Å². The maximum absolute atomic E-state index is 13.0. The standard InChI is InChI=1S/C33H40O8/c1-21(2)6-14-28-32(3,41-28)31-30(37-5)26(16-17-33(31)20-38-33)40-29(35)15-10-22-9-13-25(36-4)27(18-22)39-24-11-7-23(19-34)8-12-24/h6-13,15,18,26,28,30-31,34H,14,16-17,19-20H2,1-5H3/t26-,28-,30-,31-,32+,33+/m1/s1. The number of hydrogen-bond donors (Lipinski definition) is 1. The molecule has 2 heterocycles. The van der Waals surface area contributed by atoms with E-state index in [-0.39, 0.29) is 35.9 Å². The van der Waals surface area contributed by atoms with Crippen molar-refractivity contribution in [3.8, 4) is 17.2 Å². The molecule has 0 aromatic heterocycles. The summed E-state index contributed by atoms with van der Waals surface area (Å²) < 4.78 is 35.7. The van der Waals surface area contributed by atoms with Crippen molar-refractivity contribution in [3.05, 3.63) is 71.3 Å². The van der Waals surface area contributed by atoms with Crippen LogP contribution in [-0.4, -0.2) is 61.4 Å². The summed E-state index contributed by atoms with van der Waals surface area (Å²) in [6, 6.07) is 12.6. The molecule has 8 heteroatoms. The van der Waals surface area contributed by atoms with E-state index in [2.05, 4.69) is 26.8 Å². The molecule has 0 amide bonds. The molecule has 3 aliphatic rings. The lowest BCUT2D eigenvalue weighted by atomic mass is 9.68. The van der Waals surface area contributed by atoms with Crippen molar-refractivity contribution < 1.29 is 38.3 Å². The van der Waals surface area contributed by atoms with Gasteiger partial charge in [-0.25, -0.2) is 4.79 Å². The number of aliphatic hydroxyl groups is 1. The van der Waals surface area contributed by atoms with E-state index in [1.807, 2.05) is 6.07 Å². The quantitative estimate of drug-likeness (QED) is 0.163. The number of benzene rings is 2. The lowest BCUT2D eigenvalue weighted by molar-refractivity contribution is -0.166. The van der Waals surface area contributed by atoms with Gasteiger partial charge >= 0.3 is 5.97 Å². The van der Waals surface area contributed by atoms with Gasteiger partial charge in [-0.15, -0.1) is 0 Å². The Morgan fingerprint density at radius 2 is 1.88 bits per heavy atom. The fourth-order valence-electron chi connectivity index (χ4n) is 6.09. The van der Waals surface area contributed by atoms with Crippen molar-refractivity contribution in [2.75, 3.05) is 20.8 Å². The van der Waals surface area contributed by atoms with Gasteiger partial charge in [-0.05, 0) is 81.5 Å². The number of aliphatic hydroxyl groups excluding tert-OH is 1. The Bertz CT molecular complexity index is 1290. The molecule has 1 aliphatic carbocycles. The number of carbonyl (C=O) groups is 1. The SMILES string of the molecule is COc1ccc(C=CC(=O)O[C@@H]2CC[C@]3(CO3)[C@@H]([C@@]3(C)O[C@@H]3CC=C(C)C)[C@@H]2OC)cc1Oc1ccc(CO)cc1. The van der Waals surface area contributed by atoms with Gasteiger partial charge in [0.2, 0.25) is 0 Å². The molecule has 41 heavy (non-hydrogen) atoms. The smallest absolute Gasteiger partial charge is 0.331 e. The summed E-state index contributed by atoms with van der Waals surface area (Å²) in [5, 5.41) is 9.27. The first-order valence-corrected chi connectivity index (χ1v) is 14.1. The van der Waals surface area contributed by atoms with E-state index in [1.165, 1.54) is 11.6 Å². The average molecular weight is 565 g/mol. The summed E-state index contributed by atoms with van der Waals surface area (Å²) in [4.78, 5) is 13.0. The normalized spacial score (nSPS) is 30.2. The second-order valence-corrected chi connectivity index (χ2v) is 11.5. The van der Waals surface area contributed by atoms with E-state index in [1.54, 1.807) is 56.7 Å². The second kappa shape index (κ2) is 12.0. The van der Waals surface area contributed by atoms with Gasteiger partial charge in [0.05, 0.1) is 32.3 Å². The van der Waals surface area contributed by atoms with Crippen LogP contribution >= 0.6 is 0 Å². The van der Waals surface area contributed by atoms with Crippen LogP contribution in [0.2, 0.25) is 0 Å². The maximum atomic E-state index is 13.0. The molecule has 1 N–H and O–H groups in total. The first-order chi connectivity index (χ1) is 19.7. The Morgan fingerprint density at radius 3 is 2.51 bits per heavy atom. The number of methoxy groups -OCH3 is 2. The third-order valence-corrected chi connectivity index (χ3v) is 8.44.